The zero-order valence-corrected chi connectivity index (χ0v) is 17.9. The van der Waals surface area contributed by atoms with Crippen LogP contribution in [-0.4, -0.2) is 24.0 Å². The van der Waals surface area contributed by atoms with E-state index < -0.39 is 0 Å². The quantitative estimate of drug-likeness (QED) is 0.276. The largest absolute Gasteiger partial charge is 0.439 e. The normalized spacial score (nSPS) is 10.7. The number of nitrogens with zero attached hydrogens (tertiary/aromatic N) is 2. The smallest absolute Gasteiger partial charge is 0.219 e. The van der Waals surface area contributed by atoms with Crippen molar-refractivity contribution >= 4 is 29.9 Å². The van der Waals surface area contributed by atoms with Gasteiger partial charge in [-0.15, -0.1) is 30.6 Å². The summed E-state index contributed by atoms with van der Waals surface area (Å²) < 4.78 is 5.87. The minimum Gasteiger partial charge on any atom is -0.439 e. The number of halogens is 1. The van der Waals surface area contributed by atoms with Crippen LogP contribution in [0.3, 0.4) is 0 Å². The highest BCUT2D eigenvalue weighted by Crippen LogP contribution is 2.22. The van der Waals surface area contributed by atoms with Gasteiger partial charge in [-0.05, 0) is 55.7 Å². The average Bonchev–Trinajstić information content (AvgIpc) is 2.61. The number of guanidine groups is 1. The Kier molecular flexibility index (Phi) is 9.72. The molecule has 0 amide bonds. The first-order chi connectivity index (χ1) is 12.1. The van der Waals surface area contributed by atoms with Crippen LogP contribution in [0.2, 0.25) is 0 Å². The van der Waals surface area contributed by atoms with Gasteiger partial charge in [0.05, 0.1) is 6.54 Å². The number of aryl methyl sites for hydroxylation is 2. The van der Waals surface area contributed by atoms with Crippen molar-refractivity contribution < 1.29 is 4.74 Å². The number of nitrogens with one attached hydrogen (secondary N) is 2. The summed E-state index contributed by atoms with van der Waals surface area (Å²) in [5, 5.41) is 6.38. The van der Waals surface area contributed by atoms with Crippen LogP contribution in [0.15, 0.2) is 54.2 Å². The van der Waals surface area contributed by atoms with Crippen molar-refractivity contribution in [3.63, 3.8) is 0 Å². The summed E-state index contributed by atoms with van der Waals surface area (Å²) in [6, 6.07) is 9.87. The van der Waals surface area contributed by atoms with Crippen LogP contribution in [-0.2, 0) is 6.54 Å². The highest BCUT2D eigenvalue weighted by Gasteiger charge is 2.03. The van der Waals surface area contributed by atoms with E-state index in [-0.39, 0.29) is 24.0 Å². The molecule has 2 rings (SSSR count). The fourth-order valence-electron chi connectivity index (χ4n) is 2.18. The van der Waals surface area contributed by atoms with Crippen LogP contribution in [0, 0.1) is 13.8 Å². The van der Waals surface area contributed by atoms with Gasteiger partial charge in [0, 0.05) is 25.4 Å². The Bertz CT molecular complexity index is 746. The molecule has 0 spiro atoms. The van der Waals surface area contributed by atoms with Gasteiger partial charge < -0.3 is 15.4 Å². The molecule has 0 atom stereocenters. The zero-order valence-electron chi connectivity index (χ0n) is 15.6. The number of hydrogen-bond acceptors (Lipinski definition) is 3. The van der Waals surface area contributed by atoms with E-state index in [0.29, 0.717) is 19.0 Å². The van der Waals surface area contributed by atoms with Gasteiger partial charge in [-0.2, -0.15) is 0 Å². The summed E-state index contributed by atoms with van der Waals surface area (Å²) in [6.45, 7) is 11.9. The molecule has 0 bridgehead atoms. The second-order valence-corrected chi connectivity index (χ2v) is 5.72. The maximum atomic E-state index is 5.87. The monoisotopic (exact) mass is 466 g/mol. The molecule has 0 radical (unpaired) electrons. The molecule has 0 fully saturated rings. The summed E-state index contributed by atoms with van der Waals surface area (Å²) in [5.74, 6) is 2.12. The summed E-state index contributed by atoms with van der Waals surface area (Å²) in [7, 11) is 0. The summed E-state index contributed by atoms with van der Waals surface area (Å²) in [5.41, 5.74) is 3.47. The molecular weight excluding hydrogens is 439 g/mol. The predicted octanol–water partition coefficient (Wildman–Crippen LogP) is 4.35. The van der Waals surface area contributed by atoms with Crippen LogP contribution in [0.25, 0.3) is 0 Å². The third-order valence-corrected chi connectivity index (χ3v) is 3.68. The Morgan fingerprint density at radius 2 is 2.00 bits per heavy atom. The first kappa shape index (κ1) is 22.0. The van der Waals surface area contributed by atoms with E-state index in [0.717, 1.165) is 23.8 Å². The fraction of sp³-hybridized carbons (Fsp3) is 0.300. The van der Waals surface area contributed by atoms with Gasteiger partial charge in [0.25, 0.3) is 0 Å². The highest BCUT2D eigenvalue weighted by atomic mass is 127. The van der Waals surface area contributed by atoms with Crippen molar-refractivity contribution in [2.24, 2.45) is 4.99 Å². The Morgan fingerprint density at radius 1 is 1.19 bits per heavy atom. The minimum atomic E-state index is 0. The van der Waals surface area contributed by atoms with Crippen molar-refractivity contribution in [1.29, 1.82) is 0 Å². The van der Waals surface area contributed by atoms with E-state index in [1.165, 1.54) is 11.1 Å². The van der Waals surface area contributed by atoms with Crippen molar-refractivity contribution in [2.45, 2.75) is 27.3 Å². The molecule has 1 heterocycles. The molecule has 140 valence electrons. The van der Waals surface area contributed by atoms with Crippen molar-refractivity contribution in [2.75, 3.05) is 13.1 Å². The molecular formula is C20H27IN4O. The number of rotatable bonds is 7. The standard InChI is InChI=1S/C20H26N4O.HI/c1-5-10-23-20(21-6-2)24-14-17-9-11-22-19(13-17)25-18-8-7-15(3)16(4)12-18;/h5,7-9,11-13H,1,6,10,14H2,2-4H3,(H2,21,23,24);1H. The van der Waals surface area contributed by atoms with E-state index in [1.54, 1.807) is 12.3 Å². The van der Waals surface area contributed by atoms with E-state index in [9.17, 15) is 0 Å². The van der Waals surface area contributed by atoms with Gasteiger partial charge in [-0.25, -0.2) is 9.98 Å². The van der Waals surface area contributed by atoms with E-state index in [2.05, 4.69) is 41.0 Å². The number of aromatic nitrogens is 1. The Morgan fingerprint density at radius 3 is 2.69 bits per heavy atom. The molecule has 2 N–H and O–H groups in total. The third kappa shape index (κ3) is 7.03. The highest BCUT2D eigenvalue weighted by molar-refractivity contribution is 14.0. The van der Waals surface area contributed by atoms with Crippen LogP contribution in [0.4, 0.5) is 0 Å². The maximum Gasteiger partial charge on any atom is 0.219 e. The molecule has 0 unspecified atom stereocenters. The lowest BCUT2D eigenvalue weighted by atomic mass is 10.1. The number of hydrogen-bond donors (Lipinski definition) is 2. The Hall–Kier alpha value is -2.09. The molecule has 0 saturated heterocycles. The average molecular weight is 466 g/mol. The molecule has 1 aromatic heterocycles. The summed E-state index contributed by atoms with van der Waals surface area (Å²) in [4.78, 5) is 8.84. The molecule has 2 aromatic rings. The fourth-order valence-corrected chi connectivity index (χ4v) is 2.18. The molecule has 1 aromatic carbocycles. The Labute approximate surface area is 173 Å². The molecule has 6 heteroatoms. The van der Waals surface area contributed by atoms with Crippen LogP contribution in [0.1, 0.15) is 23.6 Å². The zero-order chi connectivity index (χ0) is 18.1. The van der Waals surface area contributed by atoms with Gasteiger partial charge in [-0.3, -0.25) is 0 Å². The molecule has 0 aliphatic rings. The predicted molar refractivity (Wildman–Crippen MR) is 119 cm³/mol. The van der Waals surface area contributed by atoms with Crippen molar-refractivity contribution in [3.05, 3.63) is 65.9 Å². The molecule has 0 saturated carbocycles. The van der Waals surface area contributed by atoms with Crippen LogP contribution < -0.4 is 15.4 Å². The van der Waals surface area contributed by atoms with Gasteiger partial charge >= 0.3 is 0 Å². The second-order valence-electron chi connectivity index (χ2n) is 5.72. The molecule has 0 aliphatic carbocycles. The first-order valence-electron chi connectivity index (χ1n) is 8.45. The third-order valence-electron chi connectivity index (χ3n) is 3.68. The second kappa shape index (κ2) is 11.5. The van der Waals surface area contributed by atoms with Crippen molar-refractivity contribution in [1.82, 2.24) is 15.6 Å². The molecule has 5 nitrogen and oxygen atoms in total. The number of benzene rings is 1. The van der Waals surface area contributed by atoms with E-state index >= 15 is 0 Å². The Balaban J connectivity index is 0.00000338. The van der Waals surface area contributed by atoms with E-state index in [1.807, 2.05) is 37.3 Å². The molecule has 0 aliphatic heterocycles. The SMILES string of the molecule is C=CCNC(=NCc1ccnc(Oc2ccc(C)c(C)c2)c1)NCC.I. The number of aliphatic imine (C=N–C) groups is 1. The number of ether oxygens (including phenoxy) is 1. The topological polar surface area (TPSA) is 58.5 Å². The minimum absolute atomic E-state index is 0. The lowest BCUT2D eigenvalue weighted by Crippen LogP contribution is -2.37. The van der Waals surface area contributed by atoms with Gasteiger partial charge in [0.15, 0.2) is 5.96 Å². The summed E-state index contributed by atoms with van der Waals surface area (Å²) in [6.07, 6.45) is 3.54. The maximum absolute atomic E-state index is 5.87. The lowest BCUT2D eigenvalue weighted by Gasteiger charge is -2.10. The van der Waals surface area contributed by atoms with Gasteiger partial charge in [0.2, 0.25) is 5.88 Å². The van der Waals surface area contributed by atoms with Crippen LogP contribution in [0.5, 0.6) is 11.6 Å². The first-order valence-corrected chi connectivity index (χ1v) is 8.45. The van der Waals surface area contributed by atoms with Crippen molar-refractivity contribution in [3.8, 4) is 11.6 Å². The molecule has 26 heavy (non-hydrogen) atoms. The van der Waals surface area contributed by atoms with Gasteiger partial charge in [-0.1, -0.05) is 12.1 Å². The van der Waals surface area contributed by atoms with Gasteiger partial charge in [0.1, 0.15) is 5.75 Å². The summed E-state index contributed by atoms with van der Waals surface area (Å²) >= 11 is 0. The van der Waals surface area contributed by atoms with E-state index in [4.69, 9.17) is 4.74 Å². The lowest BCUT2D eigenvalue weighted by molar-refractivity contribution is 0.461. The number of pyridine rings is 1. The van der Waals surface area contributed by atoms with Crippen LogP contribution >= 0.6 is 24.0 Å².